The molecule has 30 heavy (non-hydrogen) atoms. The van der Waals surface area contributed by atoms with Gasteiger partial charge in [-0.05, 0) is 24.8 Å². The first-order chi connectivity index (χ1) is 14.2. The van der Waals surface area contributed by atoms with Crippen molar-refractivity contribution in [3.05, 3.63) is 40.2 Å². The third kappa shape index (κ3) is 3.64. The second-order valence-electron chi connectivity index (χ2n) is 8.37. The van der Waals surface area contributed by atoms with Gasteiger partial charge in [-0.1, -0.05) is 13.8 Å². The van der Waals surface area contributed by atoms with Gasteiger partial charge in [-0.15, -0.1) is 0 Å². The minimum atomic E-state index is -0.632. The van der Waals surface area contributed by atoms with E-state index in [1.165, 1.54) is 14.2 Å². The number of hydrogen-bond donors (Lipinski definition) is 1. The van der Waals surface area contributed by atoms with Crippen LogP contribution in [0.3, 0.4) is 0 Å². The lowest BCUT2D eigenvalue weighted by molar-refractivity contribution is -0.136. The van der Waals surface area contributed by atoms with Crippen LogP contribution in [-0.4, -0.2) is 40.2 Å². The number of esters is 1. The SMILES string of the molecule is COC(=O)C1=C(C)NC2=C(C(=O)CC(C)(C)C2)[C@H]1c1cc(OC)c(OC)cc1OC. The molecule has 0 fully saturated rings. The Labute approximate surface area is 177 Å². The first kappa shape index (κ1) is 21.7. The van der Waals surface area contributed by atoms with E-state index in [2.05, 4.69) is 19.2 Å². The van der Waals surface area contributed by atoms with Crippen LogP contribution in [0.2, 0.25) is 0 Å². The summed E-state index contributed by atoms with van der Waals surface area (Å²) in [4.78, 5) is 26.1. The van der Waals surface area contributed by atoms with Crippen molar-refractivity contribution in [2.45, 2.75) is 39.5 Å². The molecule has 0 aromatic heterocycles. The van der Waals surface area contributed by atoms with Crippen molar-refractivity contribution in [2.75, 3.05) is 28.4 Å². The fraction of sp³-hybridized carbons (Fsp3) is 0.478. The Balaban J connectivity index is 2.31. The lowest BCUT2D eigenvalue weighted by Gasteiger charge is -2.39. The maximum Gasteiger partial charge on any atom is 0.336 e. The monoisotopic (exact) mass is 415 g/mol. The topological polar surface area (TPSA) is 83.1 Å². The highest BCUT2D eigenvalue weighted by Gasteiger charge is 2.44. The van der Waals surface area contributed by atoms with Gasteiger partial charge in [0.05, 0.1) is 39.9 Å². The van der Waals surface area contributed by atoms with Crippen LogP contribution in [0, 0.1) is 5.41 Å². The number of ketones is 1. The molecule has 3 rings (SSSR count). The fourth-order valence-corrected chi connectivity index (χ4v) is 4.41. The first-order valence-corrected chi connectivity index (χ1v) is 9.79. The number of rotatable bonds is 5. The van der Waals surface area contributed by atoms with E-state index in [9.17, 15) is 9.59 Å². The highest BCUT2D eigenvalue weighted by molar-refractivity contribution is 6.04. The summed E-state index contributed by atoms with van der Waals surface area (Å²) < 4.78 is 21.6. The van der Waals surface area contributed by atoms with E-state index >= 15 is 0 Å². The number of nitrogens with one attached hydrogen (secondary N) is 1. The van der Waals surface area contributed by atoms with Gasteiger partial charge in [-0.25, -0.2) is 4.79 Å². The van der Waals surface area contributed by atoms with E-state index in [0.717, 1.165) is 5.70 Å². The summed E-state index contributed by atoms with van der Waals surface area (Å²) in [5.41, 5.74) is 2.94. The van der Waals surface area contributed by atoms with E-state index in [-0.39, 0.29) is 11.2 Å². The van der Waals surface area contributed by atoms with Gasteiger partial charge in [0.15, 0.2) is 17.3 Å². The van der Waals surface area contributed by atoms with Crippen molar-refractivity contribution in [1.29, 1.82) is 0 Å². The zero-order chi connectivity index (χ0) is 22.2. The van der Waals surface area contributed by atoms with Gasteiger partial charge in [0.25, 0.3) is 0 Å². The predicted molar refractivity (Wildman–Crippen MR) is 112 cm³/mol. The molecule has 1 N–H and O–H groups in total. The molecule has 1 atom stereocenters. The smallest absolute Gasteiger partial charge is 0.336 e. The number of carbonyl (C=O) groups excluding carboxylic acids is 2. The molecule has 0 bridgehead atoms. The molecule has 162 valence electrons. The summed E-state index contributed by atoms with van der Waals surface area (Å²) in [6.45, 7) is 5.96. The van der Waals surface area contributed by atoms with Crippen molar-refractivity contribution in [1.82, 2.24) is 5.32 Å². The summed E-state index contributed by atoms with van der Waals surface area (Å²) in [5, 5.41) is 3.30. The molecule has 0 unspecified atom stereocenters. The highest BCUT2D eigenvalue weighted by atomic mass is 16.5. The van der Waals surface area contributed by atoms with Gasteiger partial charge < -0.3 is 24.3 Å². The van der Waals surface area contributed by atoms with E-state index < -0.39 is 11.9 Å². The number of methoxy groups -OCH3 is 4. The third-order valence-corrected chi connectivity index (χ3v) is 5.69. The molecule has 1 heterocycles. The maximum absolute atomic E-state index is 13.3. The molecule has 1 aromatic carbocycles. The van der Waals surface area contributed by atoms with E-state index in [4.69, 9.17) is 18.9 Å². The zero-order valence-electron chi connectivity index (χ0n) is 18.6. The molecule has 1 aliphatic carbocycles. The standard InChI is InChI=1S/C23H29NO6/c1-12-19(22(26)30-7)20(21-14(24-12)10-23(2,3)11-15(21)25)13-8-17(28-5)18(29-6)9-16(13)27-4/h8-9,20,24H,10-11H2,1-7H3/t20-/m0/s1. The number of dihydropyridines is 1. The van der Waals surface area contributed by atoms with Crippen LogP contribution in [0.25, 0.3) is 0 Å². The van der Waals surface area contributed by atoms with E-state index in [1.54, 1.807) is 26.4 Å². The third-order valence-electron chi connectivity index (χ3n) is 5.69. The quantitative estimate of drug-likeness (QED) is 0.737. The second-order valence-corrected chi connectivity index (χ2v) is 8.37. The largest absolute Gasteiger partial charge is 0.496 e. The van der Waals surface area contributed by atoms with E-state index in [0.29, 0.717) is 52.5 Å². The van der Waals surface area contributed by atoms with Gasteiger partial charge in [0.2, 0.25) is 0 Å². The molecular weight excluding hydrogens is 386 g/mol. The summed E-state index contributed by atoms with van der Waals surface area (Å²) in [6, 6.07) is 3.47. The van der Waals surface area contributed by atoms with E-state index in [1.807, 2.05) is 6.92 Å². The Kier molecular flexibility index (Phi) is 5.83. The minimum absolute atomic E-state index is 0.00416. The number of ether oxygens (including phenoxy) is 4. The average Bonchev–Trinajstić information content (AvgIpc) is 2.70. The molecule has 2 aliphatic rings. The maximum atomic E-state index is 13.3. The van der Waals surface area contributed by atoms with Gasteiger partial charge in [-0.3, -0.25) is 4.79 Å². The van der Waals surface area contributed by atoms with Gasteiger partial charge in [0, 0.05) is 35.0 Å². The molecule has 7 heteroatoms. The summed E-state index contributed by atoms with van der Waals surface area (Å²) in [7, 11) is 5.96. The number of allylic oxidation sites excluding steroid dienone is 3. The van der Waals surface area contributed by atoms with Crippen LogP contribution >= 0.6 is 0 Å². The highest BCUT2D eigenvalue weighted by Crippen LogP contribution is 2.50. The van der Waals surface area contributed by atoms with Crippen molar-refractivity contribution in [3.63, 3.8) is 0 Å². The number of carbonyl (C=O) groups is 2. The fourth-order valence-electron chi connectivity index (χ4n) is 4.41. The Morgan fingerprint density at radius 3 is 2.17 bits per heavy atom. The van der Waals surface area contributed by atoms with Crippen LogP contribution in [0.4, 0.5) is 0 Å². The number of Topliss-reactive ketones (excluding diaryl/α,β-unsaturated/α-hetero) is 1. The molecule has 0 spiro atoms. The second kappa shape index (κ2) is 8.05. The molecule has 7 nitrogen and oxygen atoms in total. The average molecular weight is 415 g/mol. The molecule has 1 aliphatic heterocycles. The predicted octanol–water partition coefficient (Wildman–Crippen LogP) is 3.49. The van der Waals surface area contributed by atoms with Crippen molar-refractivity contribution in [3.8, 4) is 17.2 Å². The van der Waals surface area contributed by atoms with Crippen molar-refractivity contribution >= 4 is 11.8 Å². The molecule has 1 aromatic rings. The van der Waals surface area contributed by atoms with Gasteiger partial charge in [0.1, 0.15) is 5.75 Å². The van der Waals surface area contributed by atoms with Gasteiger partial charge in [-0.2, -0.15) is 0 Å². The number of hydrogen-bond acceptors (Lipinski definition) is 7. The zero-order valence-corrected chi connectivity index (χ0v) is 18.6. The molecule has 0 saturated heterocycles. The lowest BCUT2D eigenvalue weighted by Crippen LogP contribution is -2.38. The van der Waals surface area contributed by atoms with Crippen molar-refractivity contribution in [2.24, 2.45) is 5.41 Å². The Hall–Kier alpha value is -2.96. The Bertz CT molecular complexity index is 957. The van der Waals surface area contributed by atoms with Crippen LogP contribution in [0.15, 0.2) is 34.7 Å². The molecule has 0 saturated carbocycles. The summed E-state index contributed by atoms with van der Waals surface area (Å²) in [5.74, 6) is 0.359. The van der Waals surface area contributed by atoms with Crippen LogP contribution in [0.1, 0.15) is 45.1 Å². The summed E-state index contributed by atoms with van der Waals surface area (Å²) >= 11 is 0. The van der Waals surface area contributed by atoms with Gasteiger partial charge >= 0.3 is 5.97 Å². The van der Waals surface area contributed by atoms with Crippen LogP contribution < -0.4 is 19.5 Å². The lowest BCUT2D eigenvalue weighted by atomic mass is 9.68. The normalized spacial score (nSPS) is 20.4. The van der Waals surface area contributed by atoms with Crippen molar-refractivity contribution < 1.29 is 28.5 Å². The first-order valence-electron chi connectivity index (χ1n) is 9.79. The Morgan fingerprint density at radius 2 is 1.60 bits per heavy atom. The van der Waals surface area contributed by atoms with Crippen LogP contribution in [-0.2, 0) is 14.3 Å². The molecule has 0 amide bonds. The molecular formula is C23H29NO6. The number of benzene rings is 1. The minimum Gasteiger partial charge on any atom is -0.496 e. The molecule has 0 radical (unpaired) electrons. The summed E-state index contributed by atoms with van der Waals surface area (Å²) in [6.07, 6.45) is 1.10. The van der Waals surface area contributed by atoms with Crippen LogP contribution in [0.5, 0.6) is 17.2 Å². The Morgan fingerprint density at radius 1 is 1.00 bits per heavy atom.